The van der Waals surface area contributed by atoms with Crippen LogP contribution in [0.4, 0.5) is 0 Å². The molecule has 0 bridgehead atoms. The van der Waals surface area contributed by atoms with Crippen LogP contribution in [-0.4, -0.2) is 34.9 Å². The molecule has 6 heteroatoms. The van der Waals surface area contributed by atoms with Crippen LogP contribution in [0.2, 0.25) is 0 Å². The highest BCUT2D eigenvalue weighted by atomic mass is 16.4. The second kappa shape index (κ2) is 7.52. The van der Waals surface area contributed by atoms with Gasteiger partial charge in [0, 0.05) is 0 Å². The van der Waals surface area contributed by atoms with E-state index in [9.17, 15) is 4.79 Å². The van der Waals surface area contributed by atoms with E-state index in [4.69, 9.17) is 20.9 Å². The molecule has 0 saturated heterocycles. The third-order valence-corrected chi connectivity index (χ3v) is 1.00. The van der Waals surface area contributed by atoms with Crippen molar-refractivity contribution in [1.29, 1.82) is 0 Å². The third kappa shape index (κ3) is 9.41. The Balaban J connectivity index is 0. The average Bonchev–Trinajstić information content (AvgIpc) is 1.87. The van der Waals surface area contributed by atoms with Crippen LogP contribution >= 0.6 is 0 Å². The van der Waals surface area contributed by atoms with E-state index >= 15 is 0 Å². The second-order valence-electron chi connectivity index (χ2n) is 2.25. The van der Waals surface area contributed by atoms with Crippen molar-refractivity contribution in [3.05, 3.63) is 0 Å². The average molecular weight is 163 g/mol. The maximum atomic E-state index is 10.0. The molecule has 1 atom stereocenters. The second-order valence-corrected chi connectivity index (χ2v) is 2.25. The van der Waals surface area contributed by atoms with Crippen molar-refractivity contribution in [2.45, 2.75) is 19.9 Å². The zero-order chi connectivity index (χ0) is 9.44. The first-order valence-electron chi connectivity index (χ1n) is 3.17. The van der Waals surface area contributed by atoms with Gasteiger partial charge in [-0.05, 0) is 5.92 Å². The molecular weight excluding hydrogens is 149 g/mol. The highest BCUT2D eigenvalue weighted by molar-refractivity contribution is 6.13. The predicted molar refractivity (Wildman–Crippen MR) is 42.0 cm³/mol. The van der Waals surface area contributed by atoms with Crippen LogP contribution in [0, 0.1) is 5.92 Å². The van der Waals surface area contributed by atoms with Gasteiger partial charge >= 0.3 is 13.7 Å². The summed E-state index contributed by atoms with van der Waals surface area (Å²) in [7, 11) is -0.750. The van der Waals surface area contributed by atoms with Crippen LogP contribution in [0.1, 0.15) is 13.8 Å². The largest absolute Gasteiger partial charge is 0.480 e. The Morgan fingerprint density at radius 1 is 1.45 bits per heavy atom. The molecule has 66 valence electrons. The van der Waals surface area contributed by atoms with Crippen molar-refractivity contribution in [3.63, 3.8) is 0 Å². The Labute approximate surface area is 66.1 Å². The fourth-order valence-electron chi connectivity index (χ4n) is 0.285. The summed E-state index contributed by atoms with van der Waals surface area (Å²) < 4.78 is 0. The van der Waals surface area contributed by atoms with Gasteiger partial charge in [0.25, 0.3) is 0 Å². The monoisotopic (exact) mass is 163 g/mol. The third-order valence-electron chi connectivity index (χ3n) is 1.00. The smallest absolute Gasteiger partial charge is 0.432 e. The molecule has 0 unspecified atom stereocenters. The summed E-state index contributed by atoms with van der Waals surface area (Å²) in [6.07, 6.45) is 0. The Kier molecular flexibility index (Phi) is 8.91. The molecule has 0 aromatic rings. The number of aliphatic carboxylic acids is 1. The fraction of sp³-hybridized carbons (Fsp3) is 0.800. The SMILES string of the molecule is CC(C)[C@H](N)C(=O)O.OBO. The Hall–Kier alpha value is -0.585. The number of nitrogens with two attached hydrogens (primary N) is 1. The lowest BCUT2D eigenvalue weighted by Crippen LogP contribution is -2.34. The highest BCUT2D eigenvalue weighted by Gasteiger charge is 2.14. The summed E-state index contributed by atoms with van der Waals surface area (Å²) in [5.74, 6) is -0.910. The maximum Gasteiger partial charge on any atom is 0.432 e. The van der Waals surface area contributed by atoms with Gasteiger partial charge in [0.05, 0.1) is 0 Å². The van der Waals surface area contributed by atoms with Crippen molar-refractivity contribution in [3.8, 4) is 0 Å². The molecule has 0 rings (SSSR count). The number of carboxylic acids is 1. The van der Waals surface area contributed by atoms with Crippen LogP contribution in [0.15, 0.2) is 0 Å². The molecule has 0 aliphatic heterocycles. The van der Waals surface area contributed by atoms with Gasteiger partial charge in [-0.1, -0.05) is 13.8 Å². The molecule has 0 aromatic heterocycles. The minimum Gasteiger partial charge on any atom is -0.480 e. The van der Waals surface area contributed by atoms with E-state index < -0.39 is 19.7 Å². The van der Waals surface area contributed by atoms with Crippen LogP contribution in [-0.2, 0) is 4.79 Å². The molecule has 0 aliphatic carbocycles. The van der Waals surface area contributed by atoms with Gasteiger partial charge in [0.15, 0.2) is 0 Å². The lowest BCUT2D eigenvalue weighted by molar-refractivity contribution is -0.139. The summed E-state index contributed by atoms with van der Waals surface area (Å²) in [5, 5.41) is 22.5. The van der Waals surface area contributed by atoms with Crippen LogP contribution in [0.25, 0.3) is 0 Å². The van der Waals surface area contributed by atoms with Crippen LogP contribution < -0.4 is 5.73 Å². The summed E-state index contributed by atoms with van der Waals surface area (Å²) in [4.78, 5) is 10.0. The van der Waals surface area contributed by atoms with Crippen molar-refractivity contribution in [2.75, 3.05) is 0 Å². The first-order chi connectivity index (χ1) is 4.97. The predicted octanol–water partition coefficient (Wildman–Crippen LogP) is -1.71. The molecule has 0 aliphatic rings. The summed E-state index contributed by atoms with van der Waals surface area (Å²) in [5.41, 5.74) is 5.16. The van der Waals surface area contributed by atoms with E-state index in [0.717, 1.165) is 0 Å². The highest BCUT2D eigenvalue weighted by Crippen LogP contribution is 1.96. The Morgan fingerprint density at radius 3 is 1.73 bits per heavy atom. The van der Waals surface area contributed by atoms with E-state index in [0.29, 0.717) is 0 Å². The summed E-state index contributed by atoms with van der Waals surface area (Å²) >= 11 is 0. The molecule has 5 nitrogen and oxygen atoms in total. The maximum absolute atomic E-state index is 10.0. The van der Waals surface area contributed by atoms with Crippen molar-refractivity contribution in [1.82, 2.24) is 0 Å². The van der Waals surface area contributed by atoms with Gasteiger partial charge < -0.3 is 20.9 Å². The topological polar surface area (TPSA) is 104 Å². The lowest BCUT2D eigenvalue weighted by Gasteiger charge is -2.07. The van der Waals surface area contributed by atoms with Gasteiger partial charge in [-0.15, -0.1) is 0 Å². The minimum absolute atomic E-state index is 0.0208. The Morgan fingerprint density at radius 2 is 1.73 bits per heavy atom. The van der Waals surface area contributed by atoms with E-state index in [2.05, 4.69) is 0 Å². The minimum atomic E-state index is -0.931. The molecule has 5 N–H and O–H groups in total. The Bertz CT molecular complexity index is 109. The summed E-state index contributed by atoms with van der Waals surface area (Å²) in [6, 6.07) is -0.713. The standard InChI is InChI=1S/C5H11NO2.BH3O2/c1-3(2)4(6)5(7)8;2-1-3/h3-4H,6H2,1-2H3,(H,7,8);1-3H/t4-;/m0./s1. The number of carboxylic acid groups (broad SMARTS) is 1. The molecule has 0 aromatic carbocycles. The van der Waals surface area contributed by atoms with Crippen molar-refractivity contribution < 1.29 is 19.9 Å². The van der Waals surface area contributed by atoms with Crippen molar-refractivity contribution in [2.24, 2.45) is 11.7 Å². The molecule has 0 radical (unpaired) electrons. The van der Waals surface area contributed by atoms with Gasteiger partial charge in [-0.2, -0.15) is 0 Å². The van der Waals surface area contributed by atoms with Gasteiger partial charge in [-0.3, -0.25) is 4.79 Å². The van der Waals surface area contributed by atoms with Crippen molar-refractivity contribution >= 4 is 13.7 Å². The van der Waals surface area contributed by atoms with E-state index in [1.165, 1.54) is 0 Å². The molecule has 0 amide bonds. The number of carbonyl (C=O) groups is 1. The number of rotatable bonds is 2. The van der Waals surface area contributed by atoms with Crippen LogP contribution in [0.5, 0.6) is 0 Å². The molecule has 0 spiro atoms. The first-order valence-corrected chi connectivity index (χ1v) is 3.17. The van der Waals surface area contributed by atoms with E-state index in [1.54, 1.807) is 13.8 Å². The van der Waals surface area contributed by atoms with E-state index in [-0.39, 0.29) is 5.92 Å². The number of hydrogen-bond donors (Lipinski definition) is 4. The number of hydrogen-bond acceptors (Lipinski definition) is 4. The zero-order valence-corrected chi connectivity index (χ0v) is 6.69. The molecule has 0 fully saturated rings. The normalized spacial score (nSPS) is 11.5. The van der Waals surface area contributed by atoms with E-state index in [1.807, 2.05) is 0 Å². The fourth-order valence-corrected chi connectivity index (χ4v) is 0.285. The van der Waals surface area contributed by atoms with Gasteiger partial charge in [-0.25, -0.2) is 0 Å². The zero-order valence-electron chi connectivity index (χ0n) is 6.69. The van der Waals surface area contributed by atoms with Crippen LogP contribution in [0.3, 0.4) is 0 Å². The lowest BCUT2D eigenvalue weighted by atomic mass is 10.1. The van der Waals surface area contributed by atoms with Gasteiger partial charge in [0.1, 0.15) is 6.04 Å². The quantitative estimate of drug-likeness (QED) is 0.363. The molecule has 0 heterocycles. The molecule has 11 heavy (non-hydrogen) atoms. The summed E-state index contributed by atoms with van der Waals surface area (Å²) in [6.45, 7) is 3.55. The first kappa shape index (κ1) is 13.0. The van der Waals surface area contributed by atoms with Gasteiger partial charge in [0.2, 0.25) is 0 Å². The molecule has 0 saturated carbocycles. The molecular formula is C5H14BNO4.